The van der Waals surface area contributed by atoms with Crippen LogP contribution >= 0.6 is 11.3 Å². The third-order valence-corrected chi connectivity index (χ3v) is 6.83. The lowest BCUT2D eigenvalue weighted by Crippen LogP contribution is -2.11. The van der Waals surface area contributed by atoms with Crippen molar-refractivity contribution in [2.24, 2.45) is 0 Å². The molecule has 0 aliphatic carbocycles. The first kappa shape index (κ1) is 23.1. The second-order valence-electron chi connectivity index (χ2n) is 8.20. The van der Waals surface area contributed by atoms with E-state index in [-0.39, 0.29) is 17.5 Å². The van der Waals surface area contributed by atoms with E-state index >= 15 is 0 Å². The molecule has 0 unspecified atom stereocenters. The van der Waals surface area contributed by atoms with Gasteiger partial charge in [0.15, 0.2) is 11.6 Å². The second kappa shape index (κ2) is 9.93. The van der Waals surface area contributed by atoms with Crippen LogP contribution in [0.3, 0.4) is 0 Å². The molecule has 6 nitrogen and oxygen atoms in total. The maximum absolute atomic E-state index is 13.2. The van der Waals surface area contributed by atoms with E-state index in [1.165, 1.54) is 6.92 Å². The number of Topliss-reactive ketones (excluding diaryl/α,β-unsaturated/α-hetero) is 1. The lowest BCUT2D eigenvalue weighted by atomic mass is 10.0. The van der Waals surface area contributed by atoms with Crippen molar-refractivity contribution in [1.29, 1.82) is 0 Å². The summed E-state index contributed by atoms with van der Waals surface area (Å²) in [5.41, 5.74) is 4.09. The molecule has 5 rings (SSSR count). The lowest BCUT2D eigenvalue weighted by molar-refractivity contribution is 0.101. The van der Waals surface area contributed by atoms with E-state index in [1.807, 2.05) is 48.6 Å². The minimum atomic E-state index is -0.327. The molecule has 2 N–H and O–H groups in total. The maximum Gasteiger partial charge on any atom is 0.265 e. The summed E-state index contributed by atoms with van der Waals surface area (Å²) < 4.78 is 0. The van der Waals surface area contributed by atoms with Gasteiger partial charge in [0, 0.05) is 22.2 Å². The zero-order valence-corrected chi connectivity index (χ0v) is 20.1. The highest BCUT2D eigenvalue weighted by molar-refractivity contribution is 7.16. The molecule has 0 spiro atoms. The first-order valence-corrected chi connectivity index (χ1v) is 12.1. The van der Waals surface area contributed by atoms with Crippen LogP contribution in [0.15, 0.2) is 84.9 Å². The zero-order chi connectivity index (χ0) is 25.1. The van der Waals surface area contributed by atoms with Crippen LogP contribution in [0.5, 0.6) is 0 Å². The average Bonchev–Trinajstić information content (AvgIpc) is 3.55. The number of rotatable bonds is 7. The molecule has 1 amide bonds. The molecule has 7 heteroatoms. The summed E-state index contributed by atoms with van der Waals surface area (Å²) in [6.45, 7) is 1.46. The van der Waals surface area contributed by atoms with Gasteiger partial charge in [-0.25, -0.2) is 0 Å². The molecule has 0 radical (unpaired) electrons. The zero-order valence-electron chi connectivity index (χ0n) is 19.3. The number of anilines is 1. The van der Waals surface area contributed by atoms with E-state index in [2.05, 4.69) is 15.5 Å². The van der Waals surface area contributed by atoms with Crippen molar-refractivity contribution in [3.05, 3.63) is 117 Å². The van der Waals surface area contributed by atoms with Crippen LogP contribution in [0.4, 0.5) is 5.69 Å². The Balaban J connectivity index is 1.34. The molecule has 176 valence electrons. The van der Waals surface area contributed by atoms with Gasteiger partial charge in [-0.2, -0.15) is 5.10 Å². The van der Waals surface area contributed by atoms with E-state index in [4.69, 9.17) is 0 Å². The van der Waals surface area contributed by atoms with Crippen molar-refractivity contribution < 1.29 is 14.4 Å². The summed E-state index contributed by atoms with van der Waals surface area (Å²) in [5, 5.41) is 11.1. The van der Waals surface area contributed by atoms with Crippen molar-refractivity contribution in [3.63, 3.8) is 0 Å². The minimum Gasteiger partial charge on any atom is -0.321 e. The normalized spacial score (nSPS) is 11.1. The third-order valence-electron chi connectivity index (χ3n) is 5.65. The summed E-state index contributed by atoms with van der Waals surface area (Å²) in [6.07, 6.45) is 3.93. The molecule has 5 aromatic rings. The quantitative estimate of drug-likeness (QED) is 0.255. The van der Waals surface area contributed by atoms with Crippen LogP contribution in [-0.4, -0.2) is 27.7 Å². The van der Waals surface area contributed by atoms with Gasteiger partial charge in [-0.3, -0.25) is 19.5 Å². The van der Waals surface area contributed by atoms with Crippen LogP contribution in [0.1, 0.15) is 53.4 Å². The lowest BCUT2D eigenvalue weighted by Gasteiger charge is -2.07. The van der Waals surface area contributed by atoms with E-state index in [9.17, 15) is 14.4 Å². The Morgan fingerprint density at radius 1 is 0.833 bits per heavy atom. The highest BCUT2D eigenvalue weighted by Gasteiger charge is 2.15. The summed E-state index contributed by atoms with van der Waals surface area (Å²) in [7, 11) is 0. The predicted molar refractivity (Wildman–Crippen MR) is 144 cm³/mol. The molecular formula is C29H21N3O3S. The smallest absolute Gasteiger partial charge is 0.265 e. The number of thiophene rings is 1. The fourth-order valence-electron chi connectivity index (χ4n) is 3.80. The molecule has 3 aromatic carbocycles. The molecule has 0 bridgehead atoms. The van der Waals surface area contributed by atoms with Gasteiger partial charge in [-0.05, 0) is 55.0 Å². The van der Waals surface area contributed by atoms with Gasteiger partial charge in [0.25, 0.3) is 5.91 Å². The maximum atomic E-state index is 13.2. The number of fused-ring (bicyclic) bond motifs is 1. The topological polar surface area (TPSA) is 91.9 Å². The average molecular weight is 492 g/mol. The summed E-state index contributed by atoms with van der Waals surface area (Å²) >= 11 is 1.14. The van der Waals surface area contributed by atoms with Crippen LogP contribution in [-0.2, 0) is 0 Å². The van der Waals surface area contributed by atoms with Gasteiger partial charge in [-0.1, -0.05) is 54.6 Å². The van der Waals surface area contributed by atoms with Crippen LogP contribution in [0.2, 0.25) is 0 Å². The summed E-state index contributed by atoms with van der Waals surface area (Å²) in [6, 6.07) is 25.5. The number of H-pyrrole nitrogens is 1. The fourth-order valence-corrected chi connectivity index (χ4v) is 4.59. The highest BCUT2D eigenvalue weighted by Crippen LogP contribution is 2.23. The number of hydrogen-bond donors (Lipinski definition) is 2. The molecule has 2 aromatic heterocycles. The van der Waals surface area contributed by atoms with Crippen molar-refractivity contribution >= 4 is 57.6 Å². The molecule has 0 atom stereocenters. The number of carbonyl (C=O) groups is 3. The number of carbonyl (C=O) groups excluding carboxylic acids is 3. The monoisotopic (exact) mass is 491 g/mol. The number of nitrogens with zero attached hydrogens (tertiary/aromatic N) is 1. The van der Waals surface area contributed by atoms with E-state index in [0.29, 0.717) is 26.6 Å². The first-order valence-electron chi connectivity index (χ1n) is 11.3. The molecule has 0 fully saturated rings. The number of aromatic amines is 1. The van der Waals surface area contributed by atoms with Crippen LogP contribution in [0, 0.1) is 0 Å². The van der Waals surface area contributed by atoms with Crippen molar-refractivity contribution in [2.45, 2.75) is 6.92 Å². The molecule has 0 saturated carbocycles. The number of ketones is 2. The Hall–Kier alpha value is -4.62. The van der Waals surface area contributed by atoms with E-state index in [0.717, 1.165) is 33.5 Å². The highest BCUT2D eigenvalue weighted by atomic mass is 32.1. The van der Waals surface area contributed by atoms with Gasteiger partial charge >= 0.3 is 0 Å². The minimum absolute atomic E-state index is 0.0831. The first-order chi connectivity index (χ1) is 17.5. The van der Waals surface area contributed by atoms with Crippen molar-refractivity contribution in [3.8, 4) is 0 Å². The Kier molecular flexibility index (Phi) is 6.38. The number of amides is 1. The summed E-state index contributed by atoms with van der Waals surface area (Å²) in [4.78, 5) is 38.2. The number of benzene rings is 3. The molecule has 0 aliphatic heterocycles. The molecule has 36 heavy (non-hydrogen) atoms. The third kappa shape index (κ3) is 4.92. The SMILES string of the molecule is CC(=O)c1ccc(C(=O)Nc2cccc(C(=O)c3ccc4c(/C=C/c5ccccc5)n[nH]c4c3)c2)s1. The van der Waals surface area contributed by atoms with Gasteiger partial charge < -0.3 is 5.32 Å². The van der Waals surface area contributed by atoms with Crippen molar-refractivity contribution in [2.75, 3.05) is 5.32 Å². The van der Waals surface area contributed by atoms with E-state index < -0.39 is 0 Å². The number of nitrogens with one attached hydrogen (secondary N) is 2. The molecule has 2 heterocycles. The Morgan fingerprint density at radius 3 is 2.39 bits per heavy atom. The molecule has 0 aliphatic rings. The largest absolute Gasteiger partial charge is 0.321 e. The number of hydrogen-bond acceptors (Lipinski definition) is 5. The molecule has 0 saturated heterocycles. The van der Waals surface area contributed by atoms with Crippen LogP contribution < -0.4 is 5.32 Å². The number of aromatic nitrogens is 2. The Morgan fingerprint density at radius 2 is 1.61 bits per heavy atom. The second-order valence-corrected chi connectivity index (χ2v) is 9.28. The standard InChI is InChI=1S/C29H21N3O3S/c1-18(33)26-14-15-27(36-26)29(35)30-22-9-5-8-20(16-22)28(34)21-11-12-23-24(31-32-25(23)17-21)13-10-19-6-3-2-4-7-19/h2-17H,1H3,(H,30,35)(H,31,32)/b13-10+. The summed E-state index contributed by atoms with van der Waals surface area (Å²) in [5.74, 6) is -0.578. The van der Waals surface area contributed by atoms with Gasteiger partial charge in [-0.15, -0.1) is 11.3 Å². The Bertz CT molecular complexity index is 1630. The Labute approximate surface area is 211 Å². The van der Waals surface area contributed by atoms with E-state index in [1.54, 1.807) is 48.5 Å². The molecular weight excluding hydrogens is 470 g/mol. The predicted octanol–water partition coefficient (Wildman–Crippen LogP) is 6.48. The van der Waals surface area contributed by atoms with Gasteiger partial charge in [0.1, 0.15) is 0 Å². The fraction of sp³-hybridized carbons (Fsp3) is 0.0345. The van der Waals surface area contributed by atoms with Crippen molar-refractivity contribution in [1.82, 2.24) is 10.2 Å². The van der Waals surface area contributed by atoms with Gasteiger partial charge in [0.05, 0.1) is 21.0 Å². The van der Waals surface area contributed by atoms with Gasteiger partial charge in [0.2, 0.25) is 0 Å². The van der Waals surface area contributed by atoms with Crippen LogP contribution in [0.25, 0.3) is 23.1 Å².